The zero-order valence-corrected chi connectivity index (χ0v) is 13.8. The number of aromatic amines is 1. The fourth-order valence-electron chi connectivity index (χ4n) is 2.85. The number of tetrazole rings is 1. The maximum absolute atomic E-state index is 12.2. The number of hydrogen-bond acceptors (Lipinski definition) is 6. The molecule has 132 valence electrons. The molecule has 0 spiro atoms. The lowest BCUT2D eigenvalue weighted by atomic mass is 10.1. The van der Waals surface area contributed by atoms with E-state index in [0.29, 0.717) is 12.4 Å². The molecule has 2 amide bonds. The molecule has 0 aliphatic carbocycles. The number of aromatic nitrogens is 4. The van der Waals surface area contributed by atoms with Gasteiger partial charge in [-0.3, -0.25) is 14.5 Å². The van der Waals surface area contributed by atoms with Gasteiger partial charge in [-0.1, -0.05) is 35.5 Å². The number of nitrogens with zero attached hydrogens (tertiary/aromatic N) is 4. The predicted molar refractivity (Wildman–Crippen MR) is 89.2 cm³/mol. The van der Waals surface area contributed by atoms with Gasteiger partial charge in [0, 0.05) is 19.6 Å². The first-order valence-electron chi connectivity index (χ1n) is 8.27. The van der Waals surface area contributed by atoms with Gasteiger partial charge >= 0.3 is 0 Å². The van der Waals surface area contributed by atoms with Gasteiger partial charge in [-0.25, -0.2) is 0 Å². The summed E-state index contributed by atoms with van der Waals surface area (Å²) in [6.45, 7) is 2.27. The second-order valence-electron chi connectivity index (χ2n) is 5.89. The molecular formula is C16H21N7O2. The predicted octanol–water partition coefficient (Wildman–Crippen LogP) is -0.751. The van der Waals surface area contributed by atoms with E-state index in [1.54, 1.807) is 0 Å². The van der Waals surface area contributed by atoms with Crippen LogP contribution in [0.2, 0.25) is 0 Å². The van der Waals surface area contributed by atoms with E-state index in [1.165, 1.54) is 5.56 Å². The van der Waals surface area contributed by atoms with Crippen molar-refractivity contribution in [3.05, 3.63) is 41.7 Å². The van der Waals surface area contributed by atoms with Gasteiger partial charge in [0.1, 0.15) is 0 Å². The third-order valence-corrected chi connectivity index (χ3v) is 4.18. The molecule has 0 bridgehead atoms. The van der Waals surface area contributed by atoms with Crippen molar-refractivity contribution in [3.8, 4) is 0 Å². The monoisotopic (exact) mass is 343 g/mol. The third kappa shape index (κ3) is 4.83. The third-order valence-electron chi connectivity index (χ3n) is 4.18. The number of benzene rings is 1. The van der Waals surface area contributed by atoms with Gasteiger partial charge in [0.25, 0.3) is 0 Å². The van der Waals surface area contributed by atoms with E-state index in [-0.39, 0.29) is 24.8 Å². The first-order valence-corrected chi connectivity index (χ1v) is 8.27. The summed E-state index contributed by atoms with van der Waals surface area (Å²) >= 11 is 0. The summed E-state index contributed by atoms with van der Waals surface area (Å²) in [6.07, 6.45) is 0.952. The Balaban J connectivity index is 1.53. The molecule has 1 aromatic carbocycles. The summed E-state index contributed by atoms with van der Waals surface area (Å²) in [7, 11) is 0. The smallest absolute Gasteiger partial charge is 0.237 e. The summed E-state index contributed by atoms with van der Waals surface area (Å²) in [6, 6.07) is 9.66. The van der Waals surface area contributed by atoms with Crippen molar-refractivity contribution < 1.29 is 9.59 Å². The number of rotatable bonds is 7. The molecule has 1 aliphatic rings. The van der Waals surface area contributed by atoms with E-state index in [9.17, 15) is 9.59 Å². The Morgan fingerprint density at radius 3 is 2.92 bits per heavy atom. The van der Waals surface area contributed by atoms with Gasteiger partial charge < -0.3 is 10.6 Å². The van der Waals surface area contributed by atoms with Crippen LogP contribution in [-0.4, -0.2) is 63.0 Å². The van der Waals surface area contributed by atoms with Crippen LogP contribution in [0.4, 0.5) is 0 Å². The van der Waals surface area contributed by atoms with Gasteiger partial charge in [-0.05, 0) is 12.0 Å². The molecule has 0 radical (unpaired) electrons. The van der Waals surface area contributed by atoms with Crippen LogP contribution >= 0.6 is 0 Å². The Hall–Kier alpha value is -2.81. The molecule has 0 unspecified atom stereocenters. The fourth-order valence-corrected chi connectivity index (χ4v) is 2.85. The molecular weight excluding hydrogens is 322 g/mol. The summed E-state index contributed by atoms with van der Waals surface area (Å²) in [5, 5.41) is 18.9. The lowest BCUT2D eigenvalue weighted by molar-refractivity contribution is -0.134. The summed E-state index contributed by atoms with van der Waals surface area (Å²) < 4.78 is 0. The number of carbonyl (C=O) groups is 2. The van der Waals surface area contributed by atoms with E-state index in [1.807, 2.05) is 18.2 Å². The van der Waals surface area contributed by atoms with Crippen LogP contribution in [0.5, 0.6) is 0 Å². The molecule has 9 heteroatoms. The van der Waals surface area contributed by atoms with Gasteiger partial charge in [-0.15, -0.1) is 10.2 Å². The molecule has 9 nitrogen and oxygen atoms in total. The van der Waals surface area contributed by atoms with Crippen molar-refractivity contribution in [2.75, 3.05) is 19.6 Å². The number of H-pyrrole nitrogens is 1. The van der Waals surface area contributed by atoms with E-state index in [2.05, 4.69) is 48.3 Å². The van der Waals surface area contributed by atoms with Crippen molar-refractivity contribution in [3.63, 3.8) is 0 Å². The molecule has 2 aromatic rings. The molecule has 3 N–H and O–H groups in total. The number of piperazine rings is 1. The Bertz CT molecular complexity index is 690. The molecule has 2 heterocycles. The van der Waals surface area contributed by atoms with Crippen LogP contribution in [0.1, 0.15) is 17.8 Å². The molecule has 1 fully saturated rings. The van der Waals surface area contributed by atoms with Crippen molar-refractivity contribution in [1.82, 2.24) is 36.2 Å². The number of nitrogens with one attached hydrogen (secondary N) is 3. The minimum Gasteiger partial charge on any atom is -0.353 e. The number of carbonyl (C=O) groups excluding carboxylic acids is 2. The van der Waals surface area contributed by atoms with Crippen molar-refractivity contribution >= 4 is 11.8 Å². The van der Waals surface area contributed by atoms with Crippen LogP contribution in [0.3, 0.4) is 0 Å². The van der Waals surface area contributed by atoms with E-state index >= 15 is 0 Å². The van der Waals surface area contributed by atoms with Crippen LogP contribution in [-0.2, 0) is 22.6 Å². The topological polar surface area (TPSA) is 116 Å². The van der Waals surface area contributed by atoms with E-state index in [0.717, 1.165) is 19.5 Å². The maximum atomic E-state index is 12.2. The summed E-state index contributed by atoms with van der Waals surface area (Å²) in [5.74, 6) is 0.0907. The lowest BCUT2D eigenvalue weighted by Crippen LogP contribution is -2.56. The maximum Gasteiger partial charge on any atom is 0.237 e. The van der Waals surface area contributed by atoms with Gasteiger partial charge in [0.05, 0.1) is 19.0 Å². The first kappa shape index (κ1) is 17.0. The first-order chi connectivity index (χ1) is 12.2. The Kier molecular flexibility index (Phi) is 5.68. The second-order valence-corrected chi connectivity index (χ2v) is 5.89. The van der Waals surface area contributed by atoms with Gasteiger partial charge in [-0.2, -0.15) is 5.21 Å². The van der Waals surface area contributed by atoms with Crippen molar-refractivity contribution in [2.24, 2.45) is 0 Å². The van der Waals surface area contributed by atoms with Gasteiger partial charge in [0.15, 0.2) is 5.82 Å². The highest BCUT2D eigenvalue weighted by atomic mass is 16.2. The normalized spacial score (nSPS) is 17.9. The van der Waals surface area contributed by atoms with E-state index in [4.69, 9.17) is 0 Å². The molecule has 1 aromatic heterocycles. The zero-order valence-electron chi connectivity index (χ0n) is 13.8. The molecule has 0 saturated carbocycles. The Morgan fingerprint density at radius 1 is 1.32 bits per heavy atom. The van der Waals surface area contributed by atoms with Crippen LogP contribution < -0.4 is 10.6 Å². The standard InChI is InChI=1S/C16H21N7O2/c24-15(18-11-14-19-21-22-20-14)10-13-16(25)17-7-9-23(13)8-6-12-4-2-1-3-5-12/h1-5,13H,6-11H2,(H,17,25)(H,18,24)(H,19,20,21,22)/t13-/m1/s1. The number of amides is 2. The highest BCUT2D eigenvalue weighted by molar-refractivity contribution is 5.88. The van der Waals surface area contributed by atoms with Crippen molar-refractivity contribution in [1.29, 1.82) is 0 Å². The van der Waals surface area contributed by atoms with Crippen LogP contribution in [0.25, 0.3) is 0 Å². The quantitative estimate of drug-likeness (QED) is 0.609. The van der Waals surface area contributed by atoms with Crippen LogP contribution in [0.15, 0.2) is 30.3 Å². The minimum absolute atomic E-state index is 0.103. The van der Waals surface area contributed by atoms with Crippen LogP contribution in [0, 0.1) is 0 Å². The largest absolute Gasteiger partial charge is 0.353 e. The van der Waals surface area contributed by atoms with E-state index < -0.39 is 6.04 Å². The SMILES string of the molecule is O=C(C[C@@H]1C(=O)NCCN1CCc1ccccc1)NCc1nn[nH]n1. The average molecular weight is 343 g/mol. The minimum atomic E-state index is -0.456. The molecule has 3 rings (SSSR count). The number of hydrogen-bond donors (Lipinski definition) is 3. The highest BCUT2D eigenvalue weighted by Crippen LogP contribution is 2.11. The molecule has 1 aliphatic heterocycles. The molecule has 25 heavy (non-hydrogen) atoms. The summed E-state index contributed by atoms with van der Waals surface area (Å²) in [4.78, 5) is 26.4. The second kappa shape index (κ2) is 8.34. The average Bonchev–Trinajstić information content (AvgIpc) is 3.15. The van der Waals surface area contributed by atoms with Crippen molar-refractivity contribution in [2.45, 2.75) is 25.4 Å². The summed E-state index contributed by atoms with van der Waals surface area (Å²) in [5.41, 5.74) is 1.22. The molecule has 1 atom stereocenters. The Labute approximate surface area is 145 Å². The lowest BCUT2D eigenvalue weighted by Gasteiger charge is -2.34. The Morgan fingerprint density at radius 2 is 2.16 bits per heavy atom. The van der Waals surface area contributed by atoms with Gasteiger partial charge in [0.2, 0.25) is 11.8 Å². The fraction of sp³-hybridized carbons (Fsp3) is 0.438. The highest BCUT2D eigenvalue weighted by Gasteiger charge is 2.31. The zero-order chi connectivity index (χ0) is 17.5. The molecule has 1 saturated heterocycles.